The molecule has 0 radical (unpaired) electrons. The minimum Gasteiger partial charge on any atom is -0.493 e. The number of hydrogen-bond donors (Lipinski definition) is 1. The highest BCUT2D eigenvalue weighted by atomic mass is 79.9. The SMILES string of the molecule is CCc1ccc(N2C(=O)NC(=O)/C(=C/c3cc(Br)c(OCc4cccc(C)c4)c(OC)c3)C2=O)cc1. The maximum Gasteiger partial charge on any atom is 0.335 e. The van der Waals surface area contributed by atoms with Crippen molar-refractivity contribution in [1.82, 2.24) is 5.32 Å². The van der Waals surface area contributed by atoms with Crippen LogP contribution in [0.3, 0.4) is 0 Å². The molecule has 3 aromatic rings. The second-order valence-electron chi connectivity index (χ2n) is 8.29. The van der Waals surface area contributed by atoms with Crippen molar-refractivity contribution in [2.45, 2.75) is 26.9 Å². The monoisotopic (exact) mass is 548 g/mol. The number of nitrogens with zero attached hydrogens (tertiary/aromatic N) is 1. The lowest BCUT2D eigenvalue weighted by atomic mass is 10.1. The fourth-order valence-corrected chi connectivity index (χ4v) is 4.43. The second kappa shape index (κ2) is 10.8. The highest BCUT2D eigenvalue weighted by Crippen LogP contribution is 2.38. The van der Waals surface area contributed by atoms with E-state index in [2.05, 4.69) is 21.2 Å². The van der Waals surface area contributed by atoms with Crippen LogP contribution in [0.2, 0.25) is 0 Å². The number of benzene rings is 3. The second-order valence-corrected chi connectivity index (χ2v) is 9.14. The molecule has 8 heteroatoms. The molecule has 0 atom stereocenters. The number of aryl methyl sites for hydroxylation is 2. The Hall–Kier alpha value is -3.91. The molecule has 184 valence electrons. The normalized spacial score (nSPS) is 14.7. The van der Waals surface area contributed by atoms with Gasteiger partial charge in [-0.05, 0) is 76.3 Å². The van der Waals surface area contributed by atoms with Crippen LogP contribution in [0.1, 0.15) is 29.2 Å². The van der Waals surface area contributed by atoms with Crippen molar-refractivity contribution in [2.24, 2.45) is 0 Å². The van der Waals surface area contributed by atoms with Crippen molar-refractivity contribution in [3.05, 3.63) is 93.0 Å². The quantitative estimate of drug-likeness (QED) is 0.308. The van der Waals surface area contributed by atoms with Crippen molar-refractivity contribution in [3.63, 3.8) is 0 Å². The lowest BCUT2D eigenvalue weighted by molar-refractivity contribution is -0.122. The fourth-order valence-electron chi connectivity index (χ4n) is 3.86. The Morgan fingerprint density at radius 1 is 1.00 bits per heavy atom. The van der Waals surface area contributed by atoms with Crippen LogP contribution in [0.15, 0.2) is 70.7 Å². The van der Waals surface area contributed by atoms with Gasteiger partial charge < -0.3 is 9.47 Å². The molecule has 1 fully saturated rings. The van der Waals surface area contributed by atoms with Crippen LogP contribution in [0.5, 0.6) is 11.5 Å². The summed E-state index contributed by atoms with van der Waals surface area (Å²) in [4.78, 5) is 39.2. The van der Waals surface area contributed by atoms with Crippen molar-refractivity contribution in [2.75, 3.05) is 12.0 Å². The van der Waals surface area contributed by atoms with Crippen LogP contribution in [-0.2, 0) is 22.6 Å². The number of methoxy groups -OCH3 is 1. The van der Waals surface area contributed by atoms with Crippen molar-refractivity contribution >= 4 is 45.5 Å². The summed E-state index contributed by atoms with van der Waals surface area (Å²) in [7, 11) is 1.51. The van der Waals surface area contributed by atoms with E-state index in [-0.39, 0.29) is 5.57 Å². The third-order valence-electron chi connectivity index (χ3n) is 5.73. The molecule has 4 amide bonds. The Bertz CT molecular complexity index is 1360. The molecule has 4 rings (SSSR count). The molecule has 1 aliphatic heterocycles. The van der Waals surface area contributed by atoms with Gasteiger partial charge >= 0.3 is 6.03 Å². The Morgan fingerprint density at radius 3 is 2.42 bits per heavy atom. The predicted octanol–water partition coefficient (Wildman–Crippen LogP) is 5.57. The zero-order chi connectivity index (χ0) is 25.8. The summed E-state index contributed by atoms with van der Waals surface area (Å²) in [6.45, 7) is 4.37. The van der Waals surface area contributed by atoms with Gasteiger partial charge in [-0.2, -0.15) is 0 Å². The van der Waals surface area contributed by atoms with Crippen LogP contribution in [-0.4, -0.2) is 25.0 Å². The summed E-state index contributed by atoms with van der Waals surface area (Å²) in [5.74, 6) is -0.548. The summed E-state index contributed by atoms with van der Waals surface area (Å²) in [5.41, 5.74) is 3.95. The molecular formula is C28H25BrN2O5. The predicted molar refractivity (Wildman–Crippen MR) is 141 cm³/mol. The van der Waals surface area contributed by atoms with E-state index in [4.69, 9.17) is 9.47 Å². The molecule has 0 spiro atoms. The Morgan fingerprint density at radius 2 is 1.75 bits per heavy atom. The number of amides is 4. The largest absolute Gasteiger partial charge is 0.493 e. The zero-order valence-electron chi connectivity index (χ0n) is 20.1. The summed E-state index contributed by atoms with van der Waals surface area (Å²) in [6, 6.07) is 17.6. The van der Waals surface area contributed by atoms with E-state index in [1.165, 1.54) is 13.2 Å². The van der Waals surface area contributed by atoms with E-state index in [0.717, 1.165) is 28.0 Å². The maximum absolute atomic E-state index is 13.2. The number of hydrogen-bond acceptors (Lipinski definition) is 5. The molecule has 0 unspecified atom stereocenters. The van der Waals surface area contributed by atoms with Gasteiger partial charge in [0, 0.05) is 0 Å². The first-order chi connectivity index (χ1) is 17.3. The molecule has 0 bridgehead atoms. The average molecular weight is 549 g/mol. The smallest absolute Gasteiger partial charge is 0.335 e. The number of urea groups is 1. The Labute approximate surface area is 217 Å². The minimum atomic E-state index is -0.787. The van der Waals surface area contributed by atoms with E-state index < -0.39 is 17.8 Å². The number of ether oxygens (including phenoxy) is 2. The first kappa shape index (κ1) is 25.2. The standard InChI is InChI=1S/C28H25BrN2O5/c1-4-18-8-10-21(11-9-18)31-27(33)22(26(32)30-28(31)34)13-20-14-23(29)25(24(15-20)35-3)36-16-19-7-5-6-17(2)12-19/h5-15H,4,16H2,1-3H3,(H,30,32,34)/b22-13-. The molecule has 0 aliphatic carbocycles. The van der Waals surface area contributed by atoms with Gasteiger partial charge in [-0.3, -0.25) is 14.9 Å². The van der Waals surface area contributed by atoms with Crippen LogP contribution in [0.4, 0.5) is 10.5 Å². The van der Waals surface area contributed by atoms with Crippen molar-refractivity contribution < 1.29 is 23.9 Å². The highest BCUT2D eigenvalue weighted by Gasteiger charge is 2.36. The van der Waals surface area contributed by atoms with Crippen LogP contribution < -0.4 is 19.7 Å². The van der Waals surface area contributed by atoms with Crippen LogP contribution in [0.25, 0.3) is 6.08 Å². The molecule has 0 aromatic heterocycles. The molecule has 1 heterocycles. The van der Waals surface area contributed by atoms with Gasteiger partial charge in [0.1, 0.15) is 12.2 Å². The lowest BCUT2D eigenvalue weighted by Crippen LogP contribution is -2.54. The highest BCUT2D eigenvalue weighted by molar-refractivity contribution is 9.10. The summed E-state index contributed by atoms with van der Waals surface area (Å²) < 4.78 is 12.1. The van der Waals surface area contributed by atoms with Crippen LogP contribution in [0, 0.1) is 6.92 Å². The topological polar surface area (TPSA) is 84.9 Å². The van der Waals surface area contributed by atoms with E-state index >= 15 is 0 Å². The summed E-state index contributed by atoms with van der Waals surface area (Å²) in [5, 5.41) is 2.25. The van der Waals surface area contributed by atoms with Gasteiger partial charge in [0.05, 0.1) is 17.3 Å². The molecule has 36 heavy (non-hydrogen) atoms. The molecule has 1 saturated heterocycles. The number of carbonyl (C=O) groups excluding carboxylic acids is 3. The first-order valence-electron chi connectivity index (χ1n) is 11.4. The molecule has 1 N–H and O–H groups in total. The third-order valence-corrected chi connectivity index (χ3v) is 6.32. The molecule has 7 nitrogen and oxygen atoms in total. The first-order valence-corrected chi connectivity index (χ1v) is 12.2. The summed E-state index contributed by atoms with van der Waals surface area (Å²) in [6.07, 6.45) is 2.25. The number of carbonyl (C=O) groups is 3. The van der Waals surface area contributed by atoms with Crippen LogP contribution >= 0.6 is 15.9 Å². The minimum absolute atomic E-state index is 0.170. The number of halogens is 1. The molecule has 1 aliphatic rings. The molecule has 3 aromatic carbocycles. The van der Waals surface area contributed by atoms with E-state index in [0.29, 0.717) is 33.8 Å². The fraction of sp³-hybridized carbons (Fsp3) is 0.179. The maximum atomic E-state index is 13.2. The van der Waals surface area contributed by atoms with Gasteiger partial charge in [-0.15, -0.1) is 0 Å². The summed E-state index contributed by atoms with van der Waals surface area (Å²) >= 11 is 3.51. The Kier molecular flexibility index (Phi) is 7.55. The third kappa shape index (κ3) is 5.33. The number of anilines is 1. The Balaban J connectivity index is 1.63. The number of barbiturate groups is 1. The van der Waals surface area contributed by atoms with Gasteiger partial charge in [-0.25, -0.2) is 9.69 Å². The van der Waals surface area contributed by atoms with E-state index in [1.54, 1.807) is 24.3 Å². The average Bonchev–Trinajstić information content (AvgIpc) is 2.86. The van der Waals surface area contributed by atoms with Gasteiger partial charge in [0.25, 0.3) is 11.8 Å². The van der Waals surface area contributed by atoms with Crippen molar-refractivity contribution in [3.8, 4) is 11.5 Å². The molecular weight excluding hydrogens is 524 g/mol. The lowest BCUT2D eigenvalue weighted by Gasteiger charge is -2.26. The van der Waals surface area contributed by atoms with Gasteiger partial charge in [0.2, 0.25) is 0 Å². The number of rotatable bonds is 7. The zero-order valence-corrected chi connectivity index (χ0v) is 21.7. The van der Waals surface area contributed by atoms with E-state index in [1.807, 2.05) is 50.2 Å². The van der Waals surface area contributed by atoms with E-state index in [9.17, 15) is 14.4 Å². The number of imide groups is 2. The van der Waals surface area contributed by atoms with Gasteiger partial charge in [0.15, 0.2) is 11.5 Å². The van der Waals surface area contributed by atoms with Crippen molar-refractivity contribution in [1.29, 1.82) is 0 Å². The van der Waals surface area contributed by atoms with Gasteiger partial charge in [-0.1, -0.05) is 48.9 Å². The number of nitrogens with one attached hydrogen (secondary N) is 1. The molecule has 0 saturated carbocycles.